The van der Waals surface area contributed by atoms with E-state index in [2.05, 4.69) is 9.72 Å². The van der Waals surface area contributed by atoms with Crippen LogP contribution in [0.1, 0.15) is 17.6 Å². The number of hydrogen-bond donors (Lipinski definition) is 1. The zero-order chi connectivity index (χ0) is 13.2. The Kier molecular flexibility index (Phi) is 3.81. The second-order valence-corrected chi connectivity index (χ2v) is 2.87. The maximum Gasteiger partial charge on any atom is 0.574 e. The summed E-state index contributed by atoms with van der Waals surface area (Å²) in [5, 5.41) is 0. The van der Waals surface area contributed by atoms with Gasteiger partial charge >= 0.3 is 6.36 Å². The van der Waals surface area contributed by atoms with Gasteiger partial charge in [-0.3, -0.25) is 0 Å². The molecule has 0 unspecified atom stereocenters. The largest absolute Gasteiger partial charge is 0.574 e. The Labute approximate surface area is 91.2 Å². The first-order valence-electron chi connectivity index (χ1n) is 4.18. The maximum atomic E-state index is 13.1. The highest BCUT2D eigenvalue weighted by Gasteiger charge is 2.33. The molecule has 0 radical (unpaired) electrons. The van der Waals surface area contributed by atoms with Gasteiger partial charge in [0.25, 0.3) is 6.43 Å². The molecule has 0 bridgehead atoms. The molecule has 0 fully saturated rings. The van der Waals surface area contributed by atoms with E-state index in [-0.39, 0.29) is 0 Å². The minimum Gasteiger partial charge on any atom is -0.388 e. The first-order valence-corrected chi connectivity index (χ1v) is 4.18. The summed E-state index contributed by atoms with van der Waals surface area (Å²) in [6, 6.07) is 0.309. The van der Waals surface area contributed by atoms with Gasteiger partial charge in [0.15, 0.2) is 0 Å². The topological polar surface area (TPSA) is 48.1 Å². The average molecular weight is 260 g/mol. The standard InChI is InChI=1S/C8H6F6N2O/c9-6(10)3-1-5(17-8(12,13)14)16-7(11)4(3)2-15/h1,6H,2,15H2. The number of nitrogens with two attached hydrogens (primary N) is 1. The van der Waals surface area contributed by atoms with E-state index >= 15 is 0 Å². The third-order valence-corrected chi connectivity index (χ3v) is 1.74. The van der Waals surface area contributed by atoms with Crippen molar-refractivity contribution < 1.29 is 31.1 Å². The van der Waals surface area contributed by atoms with Gasteiger partial charge in [-0.2, -0.15) is 9.37 Å². The van der Waals surface area contributed by atoms with Crippen molar-refractivity contribution in [1.29, 1.82) is 0 Å². The summed E-state index contributed by atoms with van der Waals surface area (Å²) in [5.41, 5.74) is 3.37. The van der Waals surface area contributed by atoms with Gasteiger partial charge < -0.3 is 10.5 Å². The van der Waals surface area contributed by atoms with Crippen LogP contribution in [0.3, 0.4) is 0 Å². The van der Waals surface area contributed by atoms with Crippen LogP contribution < -0.4 is 10.5 Å². The van der Waals surface area contributed by atoms with Crippen LogP contribution in [0.2, 0.25) is 0 Å². The third kappa shape index (κ3) is 3.48. The van der Waals surface area contributed by atoms with Crippen molar-refractivity contribution in [2.24, 2.45) is 5.73 Å². The summed E-state index contributed by atoms with van der Waals surface area (Å²) < 4.78 is 76.5. The van der Waals surface area contributed by atoms with Gasteiger partial charge in [-0.1, -0.05) is 0 Å². The molecule has 0 aliphatic heterocycles. The van der Waals surface area contributed by atoms with Crippen LogP contribution in [-0.2, 0) is 6.54 Å². The van der Waals surface area contributed by atoms with Crippen molar-refractivity contribution in [3.8, 4) is 5.88 Å². The minimum absolute atomic E-state index is 0.309. The van der Waals surface area contributed by atoms with Crippen molar-refractivity contribution >= 4 is 0 Å². The number of hydrogen-bond acceptors (Lipinski definition) is 3. The number of nitrogens with zero attached hydrogens (tertiary/aromatic N) is 1. The molecular weight excluding hydrogens is 254 g/mol. The number of ether oxygens (including phenoxy) is 1. The lowest BCUT2D eigenvalue weighted by molar-refractivity contribution is -0.276. The highest BCUT2D eigenvalue weighted by Crippen LogP contribution is 2.29. The van der Waals surface area contributed by atoms with E-state index in [1.165, 1.54) is 0 Å². The number of rotatable bonds is 3. The Morgan fingerprint density at radius 1 is 1.35 bits per heavy atom. The average Bonchev–Trinajstić information content (AvgIpc) is 2.13. The molecule has 0 aromatic carbocycles. The number of halogens is 6. The highest BCUT2D eigenvalue weighted by molar-refractivity contribution is 5.31. The fourth-order valence-electron chi connectivity index (χ4n) is 1.10. The Morgan fingerprint density at radius 3 is 2.35 bits per heavy atom. The fraction of sp³-hybridized carbons (Fsp3) is 0.375. The summed E-state index contributed by atoms with van der Waals surface area (Å²) in [6.07, 6.45) is -8.31. The van der Waals surface area contributed by atoms with Crippen molar-refractivity contribution in [3.05, 3.63) is 23.1 Å². The van der Waals surface area contributed by atoms with E-state index < -0.39 is 42.3 Å². The molecule has 1 rings (SSSR count). The molecule has 1 aromatic rings. The zero-order valence-corrected chi connectivity index (χ0v) is 8.06. The van der Waals surface area contributed by atoms with Crippen LogP contribution >= 0.6 is 0 Å². The van der Waals surface area contributed by atoms with Crippen LogP contribution in [0.5, 0.6) is 5.88 Å². The number of aromatic nitrogens is 1. The van der Waals surface area contributed by atoms with Crippen LogP contribution in [-0.4, -0.2) is 11.3 Å². The zero-order valence-electron chi connectivity index (χ0n) is 8.06. The summed E-state index contributed by atoms with van der Waals surface area (Å²) in [7, 11) is 0. The van der Waals surface area contributed by atoms with Gasteiger partial charge in [-0.25, -0.2) is 8.78 Å². The minimum atomic E-state index is -5.14. The predicted octanol–water partition coefficient (Wildman–Crippen LogP) is 2.52. The quantitative estimate of drug-likeness (QED) is 0.671. The van der Waals surface area contributed by atoms with Gasteiger partial charge in [0.1, 0.15) is 0 Å². The van der Waals surface area contributed by atoms with E-state index in [0.29, 0.717) is 6.07 Å². The molecule has 1 aromatic heterocycles. The lowest BCUT2D eigenvalue weighted by Crippen LogP contribution is -2.19. The summed E-state index contributed by atoms with van der Waals surface area (Å²) in [6.45, 7) is -0.606. The Balaban J connectivity index is 3.20. The van der Waals surface area contributed by atoms with Crippen molar-refractivity contribution in [1.82, 2.24) is 4.98 Å². The maximum absolute atomic E-state index is 13.1. The summed E-state index contributed by atoms with van der Waals surface area (Å²) >= 11 is 0. The second kappa shape index (κ2) is 4.78. The molecule has 0 spiro atoms. The number of alkyl halides is 5. The Bertz CT molecular complexity index is 406. The monoisotopic (exact) mass is 260 g/mol. The molecule has 0 aliphatic rings. The number of pyridine rings is 1. The van der Waals surface area contributed by atoms with Gasteiger partial charge in [-0.05, 0) is 0 Å². The van der Waals surface area contributed by atoms with E-state index in [1.807, 2.05) is 0 Å². The van der Waals surface area contributed by atoms with Gasteiger partial charge in [0, 0.05) is 23.7 Å². The van der Waals surface area contributed by atoms with Crippen LogP contribution in [0.15, 0.2) is 6.07 Å². The van der Waals surface area contributed by atoms with E-state index in [4.69, 9.17) is 5.73 Å². The van der Waals surface area contributed by atoms with Crippen LogP contribution in [0.25, 0.3) is 0 Å². The van der Waals surface area contributed by atoms with E-state index in [9.17, 15) is 26.3 Å². The molecule has 3 nitrogen and oxygen atoms in total. The normalized spacial score (nSPS) is 12.0. The molecule has 96 valence electrons. The van der Waals surface area contributed by atoms with Gasteiger partial charge in [0.2, 0.25) is 11.8 Å². The Hall–Kier alpha value is -1.51. The fourth-order valence-corrected chi connectivity index (χ4v) is 1.10. The molecular formula is C8H6F6N2O. The predicted molar refractivity (Wildman–Crippen MR) is 43.7 cm³/mol. The molecule has 0 atom stereocenters. The van der Waals surface area contributed by atoms with Crippen molar-refractivity contribution in [2.75, 3.05) is 0 Å². The van der Waals surface area contributed by atoms with Crippen LogP contribution in [0, 0.1) is 5.95 Å². The second-order valence-electron chi connectivity index (χ2n) is 2.87. The van der Waals surface area contributed by atoms with Gasteiger partial charge in [0.05, 0.1) is 0 Å². The first kappa shape index (κ1) is 13.6. The Morgan fingerprint density at radius 2 is 1.94 bits per heavy atom. The van der Waals surface area contributed by atoms with Gasteiger partial charge in [-0.15, -0.1) is 13.2 Å². The van der Waals surface area contributed by atoms with Crippen LogP contribution in [0.4, 0.5) is 26.3 Å². The van der Waals surface area contributed by atoms with Crippen molar-refractivity contribution in [2.45, 2.75) is 19.3 Å². The first-order chi connectivity index (χ1) is 7.74. The molecule has 0 saturated heterocycles. The summed E-state index contributed by atoms with van der Waals surface area (Å²) in [5.74, 6) is -2.80. The van der Waals surface area contributed by atoms with E-state index in [1.54, 1.807) is 0 Å². The summed E-state index contributed by atoms with van der Waals surface area (Å²) in [4.78, 5) is 2.75. The lowest BCUT2D eigenvalue weighted by Gasteiger charge is -2.12. The lowest BCUT2D eigenvalue weighted by atomic mass is 10.1. The molecule has 0 amide bonds. The third-order valence-electron chi connectivity index (χ3n) is 1.74. The molecule has 9 heteroatoms. The molecule has 0 saturated carbocycles. The van der Waals surface area contributed by atoms with Crippen molar-refractivity contribution in [3.63, 3.8) is 0 Å². The molecule has 0 aliphatic carbocycles. The SMILES string of the molecule is NCc1c(C(F)F)cc(OC(F)(F)F)nc1F. The van der Waals surface area contributed by atoms with E-state index in [0.717, 1.165) is 0 Å². The highest BCUT2D eigenvalue weighted by atomic mass is 19.4. The molecule has 17 heavy (non-hydrogen) atoms. The smallest absolute Gasteiger partial charge is 0.388 e. The molecule has 2 N–H and O–H groups in total. The molecule has 1 heterocycles.